The number of carbonyl (C=O) groups excluding carboxylic acids is 2. The van der Waals surface area contributed by atoms with Gasteiger partial charge < -0.3 is 9.64 Å². The van der Waals surface area contributed by atoms with Gasteiger partial charge in [-0.25, -0.2) is 0 Å². The molecule has 0 spiro atoms. The van der Waals surface area contributed by atoms with Gasteiger partial charge in [0.05, 0.1) is 6.61 Å². The van der Waals surface area contributed by atoms with Gasteiger partial charge in [0.1, 0.15) is 0 Å². The lowest BCUT2D eigenvalue weighted by Crippen LogP contribution is -2.28. The van der Waals surface area contributed by atoms with Crippen LogP contribution in [0.1, 0.15) is 41.6 Å². The van der Waals surface area contributed by atoms with Gasteiger partial charge in [-0.2, -0.15) is 0 Å². The molecule has 1 aliphatic heterocycles. The summed E-state index contributed by atoms with van der Waals surface area (Å²) in [5, 5.41) is 0. The quantitative estimate of drug-likeness (QED) is 0.727. The maximum atomic E-state index is 12.2. The Bertz CT molecular complexity index is 562. The summed E-state index contributed by atoms with van der Waals surface area (Å²) < 4.78 is 5.05. The maximum Gasteiger partial charge on any atom is 0.223 e. The van der Waals surface area contributed by atoms with Crippen molar-refractivity contribution in [2.75, 3.05) is 26.8 Å². The molecule has 0 radical (unpaired) electrons. The number of nitrogens with zero attached hydrogens (tertiary/aromatic N) is 1. The molecule has 1 atom stereocenters. The molecule has 2 fully saturated rings. The van der Waals surface area contributed by atoms with Crippen molar-refractivity contribution in [3.63, 3.8) is 0 Å². The van der Waals surface area contributed by atoms with E-state index in [4.69, 9.17) is 4.74 Å². The summed E-state index contributed by atoms with van der Waals surface area (Å²) in [5.41, 5.74) is 2.05. The Labute approximate surface area is 137 Å². The van der Waals surface area contributed by atoms with Gasteiger partial charge in [-0.3, -0.25) is 9.59 Å². The Kier molecular flexibility index (Phi) is 5.11. The van der Waals surface area contributed by atoms with Crippen LogP contribution < -0.4 is 0 Å². The third kappa shape index (κ3) is 3.81. The van der Waals surface area contributed by atoms with Gasteiger partial charge in [0.25, 0.3) is 0 Å². The van der Waals surface area contributed by atoms with Crippen molar-refractivity contribution in [3.8, 4) is 0 Å². The average molecular weight is 315 g/mol. The zero-order chi connectivity index (χ0) is 16.2. The topological polar surface area (TPSA) is 46.6 Å². The first-order chi connectivity index (χ1) is 11.2. The van der Waals surface area contributed by atoms with E-state index < -0.39 is 0 Å². The van der Waals surface area contributed by atoms with E-state index in [0.717, 1.165) is 31.4 Å². The van der Waals surface area contributed by atoms with Gasteiger partial charge in [0.15, 0.2) is 5.78 Å². The van der Waals surface area contributed by atoms with Crippen LogP contribution in [0.2, 0.25) is 0 Å². The number of Topliss-reactive ketones (excluding diaryl/α,β-unsaturated/α-hetero) is 1. The fraction of sp³-hybridized carbons (Fsp3) is 0.579. The van der Waals surface area contributed by atoms with Gasteiger partial charge in [-0.05, 0) is 30.7 Å². The number of amides is 1. The highest BCUT2D eigenvalue weighted by Gasteiger charge is 2.29. The van der Waals surface area contributed by atoms with Crippen LogP contribution in [0.5, 0.6) is 0 Å². The first-order valence-corrected chi connectivity index (χ1v) is 8.57. The molecule has 0 aromatic heterocycles. The van der Waals surface area contributed by atoms with E-state index in [1.807, 2.05) is 29.2 Å². The highest BCUT2D eigenvalue weighted by atomic mass is 16.5. The maximum absolute atomic E-state index is 12.2. The van der Waals surface area contributed by atoms with Crippen LogP contribution in [0.25, 0.3) is 0 Å². The highest BCUT2D eigenvalue weighted by Crippen LogP contribution is 2.30. The van der Waals surface area contributed by atoms with Gasteiger partial charge in [0, 0.05) is 38.1 Å². The second-order valence-corrected chi connectivity index (χ2v) is 6.80. The van der Waals surface area contributed by atoms with Crippen LogP contribution in [-0.2, 0) is 16.0 Å². The van der Waals surface area contributed by atoms with Gasteiger partial charge in [0.2, 0.25) is 5.91 Å². The Morgan fingerprint density at radius 2 is 2.00 bits per heavy atom. The fourth-order valence-corrected chi connectivity index (χ4v) is 3.45. The molecule has 1 aliphatic carbocycles. The van der Waals surface area contributed by atoms with E-state index in [2.05, 4.69) is 0 Å². The number of carbonyl (C=O) groups is 2. The molecule has 0 N–H and O–H groups in total. The minimum absolute atomic E-state index is 0.226. The van der Waals surface area contributed by atoms with Crippen LogP contribution in [-0.4, -0.2) is 43.4 Å². The van der Waals surface area contributed by atoms with Crippen LogP contribution in [0.15, 0.2) is 24.3 Å². The third-order valence-electron chi connectivity index (χ3n) is 5.10. The Morgan fingerprint density at radius 3 is 2.61 bits per heavy atom. The monoisotopic (exact) mass is 315 g/mol. The van der Waals surface area contributed by atoms with Crippen molar-refractivity contribution in [2.45, 2.75) is 32.1 Å². The Balaban J connectivity index is 1.54. The molecular weight excluding hydrogens is 290 g/mol. The first-order valence-electron chi connectivity index (χ1n) is 8.57. The SMILES string of the molecule is COCCN1C[C@H](Cc2ccc(C(=O)C3CCC3)cc2)CC1=O. The predicted molar refractivity (Wildman–Crippen MR) is 88.4 cm³/mol. The summed E-state index contributed by atoms with van der Waals surface area (Å²) in [6.45, 7) is 2.09. The lowest BCUT2D eigenvalue weighted by atomic mass is 9.80. The molecule has 0 unspecified atom stereocenters. The van der Waals surface area contributed by atoms with Crippen LogP contribution >= 0.6 is 0 Å². The molecule has 1 aromatic carbocycles. The molecule has 2 aliphatic rings. The van der Waals surface area contributed by atoms with Crippen molar-refractivity contribution in [3.05, 3.63) is 35.4 Å². The second kappa shape index (κ2) is 7.26. The van der Waals surface area contributed by atoms with E-state index in [9.17, 15) is 9.59 Å². The molecule has 3 rings (SSSR count). The number of benzene rings is 1. The highest BCUT2D eigenvalue weighted by molar-refractivity contribution is 5.98. The first kappa shape index (κ1) is 16.2. The number of rotatable bonds is 7. The lowest BCUT2D eigenvalue weighted by molar-refractivity contribution is -0.128. The summed E-state index contributed by atoms with van der Waals surface area (Å²) in [7, 11) is 1.66. The molecule has 0 bridgehead atoms. The summed E-state index contributed by atoms with van der Waals surface area (Å²) in [5.74, 6) is 1.14. The molecule has 1 heterocycles. The molecule has 4 nitrogen and oxygen atoms in total. The van der Waals surface area contributed by atoms with Crippen molar-refractivity contribution in [1.82, 2.24) is 4.90 Å². The summed E-state index contributed by atoms with van der Waals surface area (Å²) in [4.78, 5) is 26.1. The van der Waals surface area contributed by atoms with Gasteiger partial charge >= 0.3 is 0 Å². The summed E-state index contributed by atoms with van der Waals surface area (Å²) >= 11 is 0. The lowest BCUT2D eigenvalue weighted by Gasteiger charge is -2.23. The Morgan fingerprint density at radius 1 is 1.26 bits per heavy atom. The summed E-state index contributed by atoms with van der Waals surface area (Å²) in [6.07, 6.45) is 4.79. The van der Waals surface area contributed by atoms with Crippen molar-refractivity contribution in [1.29, 1.82) is 0 Å². The van der Waals surface area contributed by atoms with Gasteiger partial charge in [-0.1, -0.05) is 30.7 Å². The molecular formula is C19H25NO3. The van der Waals surface area contributed by atoms with Crippen molar-refractivity contribution >= 4 is 11.7 Å². The largest absolute Gasteiger partial charge is 0.383 e. The van der Waals surface area contributed by atoms with E-state index in [1.165, 1.54) is 12.0 Å². The second-order valence-electron chi connectivity index (χ2n) is 6.80. The van der Waals surface area contributed by atoms with Crippen molar-refractivity contribution < 1.29 is 14.3 Å². The number of methoxy groups -OCH3 is 1. The fourth-order valence-electron chi connectivity index (χ4n) is 3.45. The molecule has 1 aromatic rings. The predicted octanol–water partition coefficient (Wildman–Crippen LogP) is 2.71. The number of hydrogen-bond acceptors (Lipinski definition) is 3. The van der Waals surface area contributed by atoms with Crippen molar-refractivity contribution in [2.24, 2.45) is 11.8 Å². The zero-order valence-corrected chi connectivity index (χ0v) is 13.8. The number of hydrogen-bond donors (Lipinski definition) is 0. The van der Waals surface area contributed by atoms with Crippen LogP contribution in [0, 0.1) is 11.8 Å². The molecule has 4 heteroatoms. The molecule has 124 valence electrons. The minimum atomic E-state index is 0.226. The molecule has 1 amide bonds. The number of likely N-dealkylation sites (tertiary alicyclic amines) is 1. The van der Waals surface area contributed by atoms with E-state index in [1.54, 1.807) is 7.11 Å². The molecule has 1 saturated carbocycles. The molecule has 1 saturated heterocycles. The van der Waals surface area contributed by atoms with Crippen LogP contribution in [0.3, 0.4) is 0 Å². The van der Waals surface area contributed by atoms with E-state index in [-0.39, 0.29) is 11.8 Å². The number of ketones is 1. The van der Waals surface area contributed by atoms with Crippen LogP contribution in [0.4, 0.5) is 0 Å². The normalized spacial score (nSPS) is 21.5. The average Bonchev–Trinajstić information content (AvgIpc) is 2.83. The number of ether oxygens (including phenoxy) is 1. The van der Waals surface area contributed by atoms with E-state index in [0.29, 0.717) is 31.3 Å². The smallest absolute Gasteiger partial charge is 0.223 e. The van der Waals surface area contributed by atoms with Gasteiger partial charge in [-0.15, -0.1) is 0 Å². The summed E-state index contributed by atoms with van der Waals surface area (Å²) in [6, 6.07) is 8.01. The van der Waals surface area contributed by atoms with E-state index >= 15 is 0 Å². The Hall–Kier alpha value is -1.68. The standard InChI is InChI=1S/C19H25NO3/c1-23-10-9-20-13-15(12-18(20)21)11-14-5-7-17(8-6-14)19(22)16-3-2-4-16/h5-8,15-16H,2-4,9-13H2,1H3/t15-/m1/s1. The molecule has 23 heavy (non-hydrogen) atoms. The third-order valence-corrected chi connectivity index (χ3v) is 5.10. The zero-order valence-electron chi connectivity index (χ0n) is 13.8. The minimum Gasteiger partial charge on any atom is -0.383 e.